The lowest BCUT2D eigenvalue weighted by Gasteiger charge is -2.17. The van der Waals surface area contributed by atoms with Gasteiger partial charge < -0.3 is 14.0 Å². The van der Waals surface area contributed by atoms with Gasteiger partial charge in [-0.25, -0.2) is 4.57 Å². The van der Waals surface area contributed by atoms with Gasteiger partial charge >= 0.3 is 8.25 Å². The normalized spacial score (nSPS) is 28.4. The van der Waals surface area contributed by atoms with E-state index in [-0.39, 0.29) is 0 Å². The van der Waals surface area contributed by atoms with Gasteiger partial charge in [-0.05, 0) is 0 Å². The van der Waals surface area contributed by atoms with E-state index in [1.165, 1.54) is 6.26 Å². The van der Waals surface area contributed by atoms with E-state index < -0.39 is 14.5 Å². The fourth-order valence-corrected chi connectivity index (χ4v) is 1.24. The van der Waals surface area contributed by atoms with Crippen LogP contribution in [0.25, 0.3) is 0 Å². The van der Waals surface area contributed by atoms with Crippen LogP contribution in [-0.4, -0.2) is 26.6 Å². The molecule has 0 N–H and O–H groups in total. The minimum atomic E-state index is -2.38. The van der Waals surface area contributed by atoms with Gasteiger partial charge in [0.2, 0.25) is 0 Å². The largest absolute Gasteiger partial charge is 0.434 e. The molecule has 0 fully saturated rings. The summed E-state index contributed by atoms with van der Waals surface area (Å²) in [7, 11) is -0.804. The Morgan fingerprint density at radius 3 is 3.08 bits per heavy atom. The molecule has 1 aliphatic rings. The second-order valence-electron chi connectivity index (χ2n) is 2.05. The van der Waals surface area contributed by atoms with Crippen LogP contribution in [0.15, 0.2) is 12.3 Å². The molecular formula is C6H11O5P. The smallest absolute Gasteiger partial charge is 0.369 e. The third kappa shape index (κ3) is 3.36. The van der Waals surface area contributed by atoms with Crippen molar-refractivity contribution >= 4 is 8.25 Å². The van der Waals surface area contributed by atoms with Crippen molar-refractivity contribution in [3.05, 3.63) is 12.3 Å². The van der Waals surface area contributed by atoms with Gasteiger partial charge in [-0.2, -0.15) is 0 Å². The lowest BCUT2D eigenvalue weighted by atomic mass is 10.6. The van der Waals surface area contributed by atoms with Gasteiger partial charge in [0.15, 0.2) is 6.29 Å². The van der Waals surface area contributed by atoms with Crippen molar-refractivity contribution < 1.29 is 23.1 Å². The predicted molar refractivity (Wildman–Crippen MR) is 41.9 cm³/mol. The molecule has 2 atom stereocenters. The molecule has 5 nitrogen and oxygen atoms in total. The van der Waals surface area contributed by atoms with Crippen LogP contribution in [0.5, 0.6) is 0 Å². The highest BCUT2D eigenvalue weighted by Gasteiger charge is 2.14. The van der Waals surface area contributed by atoms with Crippen molar-refractivity contribution in [3.63, 3.8) is 0 Å². The van der Waals surface area contributed by atoms with Crippen molar-refractivity contribution in [2.75, 3.05) is 20.3 Å². The highest BCUT2D eigenvalue weighted by molar-refractivity contribution is 7.33. The minimum absolute atomic E-state index is 0.403. The Hall–Kier alpha value is -0.350. The lowest BCUT2D eigenvalue weighted by molar-refractivity contribution is -0.0677. The average molecular weight is 194 g/mol. The summed E-state index contributed by atoms with van der Waals surface area (Å²) in [6.07, 6.45) is 2.30. The van der Waals surface area contributed by atoms with Gasteiger partial charge in [0.05, 0.1) is 19.5 Å². The lowest BCUT2D eigenvalue weighted by Crippen LogP contribution is -2.16. The molecule has 2 unspecified atom stereocenters. The summed E-state index contributed by atoms with van der Waals surface area (Å²) in [4.78, 5) is 0. The second-order valence-corrected chi connectivity index (χ2v) is 3.02. The van der Waals surface area contributed by atoms with Crippen molar-refractivity contribution in [1.82, 2.24) is 0 Å². The summed E-state index contributed by atoms with van der Waals surface area (Å²) in [5, 5.41) is 0. The van der Waals surface area contributed by atoms with Gasteiger partial charge in [0, 0.05) is 13.2 Å². The quantitative estimate of drug-likeness (QED) is 0.492. The molecule has 0 amide bonds. The Labute approximate surface area is 71.2 Å². The van der Waals surface area contributed by atoms with Crippen LogP contribution >= 0.6 is 8.25 Å². The van der Waals surface area contributed by atoms with E-state index in [1.54, 1.807) is 13.2 Å². The molecule has 0 aliphatic carbocycles. The van der Waals surface area contributed by atoms with E-state index in [1.807, 2.05) is 0 Å². The Morgan fingerprint density at radius 2 is 2.42 bits per heavy atom. The Kier molecular flexibility index (Phi) is 4.32. The first-order chi connectivity index (χ1) is 5.83. The SMILES string of the molecule is COCCOC1C=CO[PH](=O)O1. The van der Waals surface area contributed by atoms with Crippen LogP contribution in [0.4, 0.5) is 0 Å². The number of ether oxygens (including phenoxy) is 2. The number of hydrogen-bond donors (Lipinski definition) is 0. The highest BCUT2D eigenvalue weighted by Crippen LogP contribution is 2.30. The molecule has 0 bridgehead atoms. The van der Waals surface area contributed by atoms with Gasteiger partial charge in [-0.3, -0.25) is 4.52 Å². The van der Waals surface area contributed by atoms with Crippen molar-refractivity contribution in [2.45, 2.75) is 6.29 Å². The molecular weight excluding hydrogens is 183 g/mol. The van der Waals surface area contributed by atoms with Crippen molar-refractivity contribution in [1.29, 1.82) is 0 Å². The minimum Gasteiger partial charge on any atom is -0.434 e. The number of hydrogen-bond acceptors (Lipinski definition) is 5. The van der Waals surface area contributed by atoms with Gasteiger partial charge in [0.1, 0.15) is 0 Å². The molecule has 0 saturated heterocycles. The van der Waals surface area contributed by atoms with E-state index in [9.17, 15) is 4.57 Å². The Morgan fingerprint density at radius 1 is 1.58 bits per heavy atom. The molecule has 0 spiro atoms. The van der Waals surface area contributed by atoms with Crippen LogP contribution < -0.4 is 0 Å². The third-order valence-electron chi connectivity index (χ3n) is 1.18. The summed E-state index contributed by atoms with van der Waals surface area (Å²) < 4.78 is 29.9. The fraction of sp³-hybridized carbons (Fsp3) is 0.667. The number of rotatable bonds is 4. The molecule has 6 heteroatoms. The van der Waals surface area contributed by atoms with Crippen LogP contribution in [-0.2, 0) is 23.1 Å². The van der Waals surface area contributed by atoms with Crippen LogP contribution in [0.3, 0.4) is 0 Å². The summed E-state index contributed by atoms with van der Waals surface area (Å²) in [5.74, 6) is 0. The zero-order valence-electron chi connectivity index (χ0n) is 6.69. The molecule has 1 heterocycles. The summed E-state index contributed by atoms with van der Waals surface area (Å²) in [6, 6.07) is 0. The second kappa shape index (κ2) is 5.32. The average Bonchev–Trinajstić information content (AvgIpc) is 2.05. The van der Waals surface area contributed by atoms with Crippen molar-refractivity contribution in [3.8, 4) is 0 Å². The van der Waals surface area contributed by atoms with Gasteiger partial charge in [-0.15, -0.1) is 0 Å². The Balaban J connectivity index is 2.19. The van der Waals surface area contributed by atoms with Crippen molar-refractivity contribution in [2.24, 2.45) is 0 Å². The van der Waals surface area contributed by atoms with Crippen LogP contribution in [0.2, 0.25) is 0 Å². The fourth-order valence-electron chi connectivity index (χ4n) is 0.658. The molecule has 0 aromatic rings. The van der Waals surface area contributed by atoms with Crippen LogP contribution in [0, 0.1) is 0 Å². The Bertz CT molecular complexity index is 181. The van der Waals surface area contributed by atoms with E-state index in [4.69, 9.17) is 14.0 Å². The monoisotopic (exact) mass is 194 g/mol. The maximum Gasteiger partial charge on any atom is 0.369 e. The highest BCUT2D eigenvalue weighted by atomic mass is 31.1. The summed E-state index contributed by atoms with van der Waals surface area (Å²) >= 11 is 0. The standard InChI is InChI=1S/C6H11O5P/c1-8-4-5-9-6-2-3-10-12(7)11-6/h2-3,6,12H,4-5H2,1H3. The van der Waals surface area contributed by atoms with Crippen LogP contribution in [0.1, 0.15) is 0 Å². The van der Waals surface area contributed by atoms with Gasteiger partial charge in [-0.1, -0.05) is 0 Å². The van der Waals surface area contributed by atoms with E-state index in [0.717, 1.165) is 0 Å². The molecule has 0 aromatic heterocycles. The zero-order valence-corrected chi connectivity index (χ0v) is 7.69. The molecule has 0 aromatic carbocycles. The molecule has 12 heavy (non-hydrogen) atoms. The van der Waals surface area contributed by atoms with Gasteiger partial charge in [0.25, 0.3) is 0 Å². The molecule has 0 radical (unpaired) electrons. The summed E-state index contributed by atoms with van der Waals surface area (Å²) in [6.45, 7) is 0.885. The van der Waals surface area contributed by atoms with E-state index >= 15 is 0 Å². The predicted octanol–water partition coefficient (Wildman–Crippen LogP) is 0.926. The molecule has 0 saturated carbocycles. The maximum atomic E-state index is 10.7. The van der Waals surface area contributed by atoms with E-state index in [2.05, 4.69) is 4.52 Å². The molecule has 1 rings (SSSR count). The molecule has 70 valence electrons. The first kappa shape index (κ1) is 9.74. The third-order valence-corrected chi connectivity index (χ3v) is 1.94. The first-order valence-electron chi connectivity index (χ1n) is 3.47. The first-order valence-corrected chi connectivity index (χ1v) is 4.70. The molecule has 1 aliphatic heterocycles. The number of methoxy groups -OCH3 is 1. The zero-order chi connectivity index (χ0) is 8.81. The maximum absolute atomic E-state index is 10.7. The summed E-state index contributed by atoms with van der Waals surface area (Å²) in [5.41, 5.74) is 0. The van der Waals surface area contributed by atoms with E-state index in [0.29, 0.717) is 13.2 Å². The topological polar surface area (TPSA) is 54.0 Å².